The van der Waals surface area contributed by atoms with Crippen molar-refractivity contribution in [3.63, 3.8) is 0 Å². The van der Waals surface area contributed by atoms with Gasteiger partial charge in [-0.05, 0) is 50.2 Å². The van der Waals surface area contributed by atoms with Crippen molar-refractivity contribution in [2.45, 2.75) is 64.3 Å². The van der Waals surface area contributed by atoms with Gasteiger partial charge in [0.05, 0.1) is 14.2 Å². The maximum Gasteiger partial charge on any atom is 0.254 e. The molecule has 1 aromatic rings. The molecular weight excluding hydrogens is 380 g/mol. The minimum atomic E-state index is -0.0403. The number of methoxy groups -OCH3 is 2. The number of benzene rings is 1. The fraction of sp³-hybridized carbons (Fsp3) is 0.667. The monoisotopic (exact) mass is 416 g/mol. The summed E-state index contributed by atoms with van der Waals surface area (Å²) in [7, 11) is 3.15. The van der Waals surface area contributed by atoms with Gasteiger partial charge < -0.3 is 19.7 Å². The zero-order valence-corrected chi connectivity index (χ0v) is 18.6. The lowest BCUT2D eigenvalue weighted by Gasteiger charge is -2.32. The van der Waals surface area contributed by atoms with E-state index in [1.165, 1.54) is 32.1 Å². The van der Waals surface area contributed by atoms with E-state index in [0.29, 0.717) is 55.0 Å². The molecule has 1 N–H and O–H groups in total. The number of carbonyl (C=O) groups is 2. The molecule has 1 aliphatic heterocycles. The molecule has 2 atom stereocenters. The summed E-state index contributed by atoms with van der Waals surface area (Å²) in [6.07, 6.45) is 8.66. The number of carbonyl (C=O) groups excluding carboxylic acids is 2. The smallest absolute Gasteiger partial charge is 0.254 e. The van der Waals surface area contributed by atoms with Crippen LogP contribution in [0.4, 0.5) is 0 Å². The molecule has 1 saturated carbocycles. The molecule has 2 unspecified atom stereocenters. The molecule has 166 valence electrons. The van der Waals surface area contributed by atoms with Crippen LogP contribution in [0.3, 0.4) is 0 Å². The largest absolute Gasteiger partial charge is 0.497 e. The van der Waals surface area contributed by atoms with Crippen LogP contribution in [-0.4, -0.2) is 50.1 Å². The number of hydrogen-bond acceptors (Lipinski definition) is 4. The van der Waals surface area contributed by atoms with Crippen LogP contribution < -0.4 is 14.8 Å². The molecule has 2 fully saturated rings. The summed E-state index contributed by atoms with van der Waals surface area (Å²) in [5.74, 6) is 1.97. The molecule has 30 heavy (non-hydrogen) atoms. The summed E-state index contributed by atoms with van der Waals surface area (Å²) in [5, 5.41) is 3.34. The lowest BCUT2D eigenvalue weighted by Crippen LogP contribution is -2.46. The van der Waals surface area contributed by atoms with Crippen molar-refractivity contribution in [2.75, 3.05) is 27.3 Å². The van der Waals surface area contributed by atoms with Crippen LogP contribution in [0.15, 0.2) is 18.2 Å². The topological polar surface area (TPSA) is 67.9 Å². The van der Waals surface area contributed by atoms with Crippen LogP contribution in [0.2, 0.25) is 0 Å². The molecular formula is C24H36N2O4. The summed E-state index contributed by atoms with van der Waals surface area (Å²) in [5.41, 5.74) is 0.554. The molecule has 1 heterocycles. The van der Waals surface area contributed by atoms with Crippen LogP contribution in [0, 0.1) is 11.8 Å². The van der Waals surface area contributed by atoms with Crippen LogP contribution in [-0.2, 0) is 4.79 Å². The van der Waals surface area contributed by atoms with E-state index in [-0.39, 0.29) is 17.7 Å². The highest BCUT2D eigenvalue weighted by Crippen LogP contribution is 2.31. The van der Waals surface area contributed by atoms with E-state index in [0.717, 1.165) is 6.42 Å². The average molecular weight is 417 g/mol. The Kier molecular flexibility index (Phi) is 8.00. The Morgan fingerprint density at radius 1 is 1.03 bits per heavy atom. The van der Waals surface area contributed by atoms with Crippen molar-refractivity contribution in [1.29, 1.82) is 0 Å². The van der Waals surface area contributed by atoms with E-state index in [2.05, 4.69) is 12.2 Å². The van der Waals surface area contributed by atoms with Gasteiger partial charge in [-0.15, -0.1) is 0 Å². The van der Waals surface area contributed by atoms with E-state index in [1.807, 2.05) is 4.90 Å². The highest BCUT2D eigenvalue weighted by molar-refractivity contribution is 5.95. The summed E-state index contributed by atoms with van der Waals surface area (Å²) < 4.78 is 10.6. The molecule has 0 bridgehead atoms. The Labute approximate surface area is 180 Å². The summed E-state index contributed by atoms with van der Waals surface area (Å²) in [4.78, 5) is 27.6. The van der Waals surface area contributed by atoms with Gasteiger partial charge in [-0.3, -0.25) is 9.59 Å². The number of nitrogens with one attached hydrogen (secondary N) is 1. The van der Waals surface area contributed by atoms with Crippen molar-refractivity contribution in [3.8, 4) is 11.5 Å². The second-order valence-corrected chi connectivity index (χ2v) is 8.62. The minimum absolute atomic E-state index is 0.00122. The summed E-state index contributed by atoms with van der Waals surface area (Å²) >= 11 is 0. The Bertz CT molecular complexity index is 706. The number of rotatable bonds is 8. The van der Waals surface area contributed by atoms with E-state index >= 15 is 0 Å². The molecule has 0 radical (unpaired) electrons. The third-order valence-corrected chi connectivity index (χ3v) is 6.67. The van der Waals surface area contributed by atoms with Gasteiger partial charge in [-0.2, -0.15) is 0 Å². The third kappa shape index (κ3) is 5.46. The molecule has 1 aliphatic carbocycles. The lowest BCUT2D eigenvalue weighted by molar-refractivity contribution is -0.127. The number of amides is 2. The van der Waals surface area contributed by atoms with Crippen molar-refractivity contribution < 1.29 is 19.1 Å². The van der Waals surface area contributed by atoms with Crippen molar-refractivity contribution in [3.05, 3.63) is 23.8 Å². The van der Waals surface area contributed by atoms with Gasteiger partial charge in [0.2, 0.25) is 5.91 Å². The first kappa shape index (κ1) is 22.4. The maximum absolute atomic E-state index is 12.9. The Hall–Kier alpha value is -2.24. The van der Waals surface area contributed by atoms with Gasteiger partial charge in [0.15, 0.2) is 0 Å². The van der Waals surface area contributed by atoms with E-state index in [1.54, 1.807) is 32.4 Å². The number of nitrogens with zero attached hydrogens (tertiary/aromatic N) is 1. The zero-order valence-electron chi connectivity index (χ0n) is 18.6. The quantitative estimate of drug-likeness (QED) is 0.695. The second kappa shape index (κ2) is 10.7. The zero-order chi connectivity index (χ0) is 21.5. The normalized spacial score (nSPS) is 22.0. The molecule has 0 aromatic heterocycles. The molecule has 1 saturated heterocycles. The van der Waals surface area contributed by atoms with Gasteiger partial charge in [-0.1, -0.05) is 26.2 Å². The molecule has 1 aromatic carbocycles. The number of unbranched alkanes of at least 4 members (excludes halogenated alkanes) is 1. The molecule has 6 nitrogen and oxygen atoms in total. The number of likely N-dealkylation sites (tertiary alicyclic amines) is 1. The van der Waals surface area contributed by atoms with E-state index in [9.17, 15) is 9.59 Å². The maximum atomic E-state index is 12.9. The second-order valence-electron chi connectivity index (χ2n) is 8.62. The molecule has 0 spiro atoms. The van der Waals surface area contributed by atoms with Crippen LogP contribution in [0.1, 0.15) is 68.6 Å². The molecule has 2 amide bonds. The molecule has 2 aliphatic rings. The van der Waals surface area contributed by atoms with Gasteiger partial charge >= 0.3 is 0 Å². The summed E-state index contributed by atoms with van der Waals surface area (Å²) in [6.45, 7) is 3.42. The Morgan fingerprint density at radius 2 is 1.70 bits per heavy atom. The SMILES string of the molecule is CCCCC1CCCC1NC(=O)C1CCN(C(=O)c2cc(OC)cc(OC)c2)CC1. The van der Waals surface area contributed by atoms with Crippen LogP contribution >= 0.6 is 0 Å². The number of ether oxygens (including phenoxy) is 2. The standard InChI is InChI=1S/C24H36N2O4/c1-4-5-7-17-8-6-9-22(17)25-23(27)18-10-12-26(13-11-18)24(28)19-14-20(29-2)16-21(15-19)30-3/h14-18,22H,4-13H2,1-3H3,(H,25,27). The third-order valence-electron chi connectivity index (χ3n) is 6.67. The van der Waals surface area contributed by atoms with Crippen LogP contribution in [0.5, 0.6) is 11.5 Å². The van der Waals surface area contributed by atoms with Crippen molar-refractivity contribution in [1.82, 2.24) is 10.2 Å². The Balaban J connectivity index is 1.53. The molecule has 6 heteroatoms. The van der Waals surface area contributed by atoms with Crippen molar-refractivity contribution in [2.24, 2.45) is 11.8 Å². The van der Waals surface area contributed by atoms with Crippen molar-refractivity contribution >= 4 is 11.8 Å². The predicted molar refractivity (Wildman–Crippen MR) is 117 cm³/mol. The van der Waals surface area contributed by atoms with Crippen LogP contribution in [0.25, 0.3) is 0 Å². The summed E-state index contributed by atoms with van der Waals surface area (Å²) in [6, 6.07) is 5.57. The van der Waals surface area contributed by atoms with Gasteiger partial charge in [0.25, 0.3) is 5.91 Å². The first-order valence-corrected chi connectivity index (χ1v) is 11.4. The lowest BCUT2D eigenvalue weighted by atomic mass is 9.93. The van der Waals surface area contributed by atoms with E-state index in [4.69, 9.17) is 9.47 Å². The fourth-order valence-corrected chi connectivity index (χ4v) is 4.80. The molecule has 3 rings (SSSR count). The van der Waals surface area contributed by atoms with Gasteiger partial charge in [0, 0.05) is 36.7 Å². The number of hydrogen-bond donors (Lipinski definition) is 1. The first-order chi connectivity index (χ1) is 14.5. The van der Waals surface area contributed by atoms with Gasteiger partial charge in [0.1, 0.15) is 11.5 Å². The minimum Gasteiger partial charge on any atom is -0.497 e. The number of piperidine rings is 1. The first-order valence-electron chi connectivity index (χ1n) is 11.4. The van der Waals surface area contributed by atoms with E-state index < -0.39 is 0 Å². The highest BCUT2D eigenvalue weighted by atomic mass is 16.5. The predicted octanol–water partition coefficient (Wildman–Crippen LogP) is 4.03. The Morgan fingerprint density at radius 3 is 2.30 bits per heavy atom. The highest BCUT2D eigenvalue weighted by Gasteiger charge is 2.32. The average Bonchev–Trinajstić information content (AvgIpc) is 3.23. The van der Waals surface area contributed by atoms with Gasteiger partial charge in [-0.25, -0.2) is 0 Å². The fourth-order valence-electron chi connectivity index (χ4n) is 4.80.